The summed E-state index contributed by atoms with van der Waals surface area (Å²) in [5.41, 5.74) is 0.594. The van der Waals surface area contributed by atoms with Crippen molar-refractivity contribution in [2.24, 2.45) is 17.3 Å². The highest BCUT2D eigenvalue weighted by molar-refractivity contribution is 5.86. The largest absolute Gasteiger partial charge is 0.299 e. The topological polar surface area (TPSA) is 17.1 Å². The molecule has 10 heavy (non-hydrogen) atoms. The van der Waals surface area contributed by atoms with Crippen molar-refractivity contribution < 1.29 is 4.79 Å². The summed E-state index contributed by atoms with van der Waals surface area (Å²) in [6, 6.07) is 0. The molecule has 3 fully saturated rings. The predicted molar refractivity (Wildman–Crippen MR) is 37.5 cm³/mol. The van der Waals surface area contributed by atoms with Crippen LogP contribution in [0.2, 0.25) is 0 Å². The number of ketones is 1. The summed E-state index contributed by atoms with van der Waals surface area (Å²) in [5.74, 6) is 2.09. The van der Waals surface area contributed by atoms with Crippen LogP contribution < -0.4 is 0 Å². The molecule has 0 aromatic heterocycles. The van der Waals surface area contributed by atoms with Crippen LogP contribution in [0.1, 0.15) is 32.1 Å². The molecule has 3 atom stereocenters. The lowest BCUT2D eigenvalue weighted by Crippen LogP contribution is -2.54. The molecule has 3 aliphatic carbocycles. The van der Waals surface area contributed by atoms with E-state index in [1.807, 2.05) is 0 Å². The van der Waals surface area contributed by atoms with Crippen LogP contribution in [0.3, 0.4) is 0 Å². The number of hydrogen-bond donors (Lipinski definition) is 0. The summed E-state index contributed by atoms with van der Waals surface area (Å²) in [4.78, 5) is 11.2. The second-order valence-corrected chi connectivity index (χ2v) is 4.22. The lowest BCUT2D eigenvalue weighted by atomic mass is 9.43. The predicted octanol–water partition coefficient (Wildman–Crippen LogP) is 1.77. The van der Waals surface area contributed by atoms with Crippen LogP contribution in [-0.2, 0) is 4.79 Å². The summed E-state index contributed by atoms with van der Waals surface area (Å²) in [6.45, 7) is 0. The number of rotatable bonds is 0. The maximum atomic E-state index is 11.2. The molecule has 0 bridgehead atoms. The summed E-state index contributed by atoms with van der Waals surface area (Å²) >= 11 is 0. The molecule has 3 saturated carbocycles. The van der Waals surface area contributed by atoms with Crippen molar-refractivity contribution in [1.29, 1.82) is 0 Å². The first-order valence-corrected chi connectivity index (χ1v) is 4.36. The monoisotopic (exact) mass is 136 g/mol. The van der Waals surface area contributed by atoms with Crippen LogP contribution in [0.15, 0.2) is 0 Å². The van der Waals surface area contributed by atoms with Gasteiger partial charge in [0.1, 0.15) is 5.78 Å². The van der Waals surface area contributed by atoms with E-state index in [9.17, 15) is 4.79 Å². The van der Waals surface area contributed by atoms with Crippen molar-refractivity contribution in [3.05, 3.63) is 0 Å². The highest BCUT2D eigenvalue weighted by Crippen LogP contribution is 2.70. The zero-order chi connectivity index (χ0) is 6.77. The van der Waals surface area contributed by atoms with Crippen LogP contribution in [0.4, 0.5) is 0 Å². The van der Waals surface area contributed by atoms with Gasteiger partial charge in [-0.1, -0.05) is 0 Å². The molecule has 1 nitrogen and oxygen atoms in total. The zero-order valence-electron chi connectivity index (χ0n) is 6.10. The highest BCUT2D eigenvalue weighted by atomic mass is 16.1. The van der Waals surface area contributed by atoms with Gasteiger partial charge >= 0.3 is 0 Å². The Bertz CT molecular complexity index is 209. The minimum absolute atomic E-state index is 0.534. The fraction of sp³-hybridized carbons (Fsp3) is 0.889. The molecule has 0 N–H and O–H groups in total. The van der Waals surface area contributed by atoms with Gasteiger partial charge in [-0.15, -0.1) is 0 Å². The Kier molecular flexibility index (Phi) is 0.704. The highest BCUT2D eigenvalue weighted by Gasteiger charge is 2.65. The molecule has 3 unspecified atom stereocenters. The van der Waals surface area contributed by atoms with E-state index in [2.05, 4.69) is 0 Å². The van der Waals surface area contributed by atoms with Gasteiger partial charge in [-0.05, 0) is 37.0 Å². The fourth-order valence-corrected chi connectivity index (χ4v) is 3.37. The number of Topliss-reactive ketones (excluding diaryl/α,β-unsaturated/α-hetero) is 1. The molecule has 0 saturated heterocycles. The summed E-state index contributed by atoms with van der Waals surface area (Å²) in [6.07, 6.45) is 6.18. The van der Waals surface area contributed by atoms with Crippen LogP contribution >= 0.6 is 0 Å². The lowest BCUT2D eigenvalue weighted by Gasteiger charge is -2.60. The second-order valence-electron chi connectivity index (χ2n) is 4.22. The molecule has 3 aliphatic rings. The molecular weight excluding hydrogens is 124 g/mol. The van der Waals surface area contributed by atoms with E-state index in [1.165, 1.54) is 25.7 Å². The van der Waals surface area contributed by atoms with Crippen LogP contribution in [0.25, 0.3) is 0 Å². The Morgan fingerprint density at radius 3 is 2.70 bits per heavy atom. The fourth-order valence-electron chi connectivity index (χ4n) is 3.37. The van der Waals surface area contributed by atoms with Gasteiger partial charge in [0.2, 0.25) is 0 Å². The normalized spacial score (nSPS) is 56.6. The number of hydrogen-bond acceptors (Lipinski definition) is 1. The van der Waals surface area contributed by atoms with Gasteiger partial charge in [0.05, 0.1) is 0 Å². The van der Waals surface area contributed by atoms with Gasteiger partial charge in [-0.25, -0.2) is 0 Å². The first-order chi connectivity index (χ1) is 4.83. The Balaban J connectivity index is 1.98. The minimum Gasteiger partial charge on any atom is -0.299 e. The van der Waals surface area contributed by atoms with Crippen molar-refractivity contribution in [2.75, 3.05) is 0 Å². The number of carbonyl (C=O) groups is 1. The van der Waals surface area contributed by atoms with Crippen LogP contribution in [0.5, 0.6) is 0 Å². The van der Waals surface area contributed by atoms with E-state index in [0.717, 1.165) is 12.3 Å². The molecule has 0 aromatic rings. The van der Waals surface area contributed by atoms with E-state index in [-0.39, 0.29) is 0 Å². The van der Waals surface area contributed by atoms with Crippen LogP contribution in [-0.4, -0.2) is 5.78 Å². The zero-order valence-corrected chi connectivity index (χ0v) is 6.10. The molecule has 3 rings (SSSR count). The molecule has 0 aromatic carbocycles. The Morgan fingerprint density at radius 1 is 1.40 bits per heavy atom. The quantitative estimate of drug-likeness (QED) is 0.496. The lowest BCUT2D eigenvalue weighted by molar-refractivity contribution is -0.148. The molecular formula is C9H12O. The average molecular weight is 136 g/mol. The smallest absolute Gasteiger partial charge is 0.136 e. The molecule has 1 heteroatoms. The van der Waals surface area contributed by atoms with Gasteiger partial charge < -0.3 is 0 Å². The molecule has 0 aliphatic heterocycles. The molecule has 54 valence electrons. The van der Waals surface area contributed by atoms with Crippen LogP contribution in [0, 0.1) is 17.3 Å². The third-order valence-electron chi connectivity index (χ3n) is 4.21. The van der Waals surface area contributed by atoms with Gasteiger partial charge in [0, 0.05) is 12.3 Å². The summed E-state index contributed by atoms with van der Waals surface area (Å²) in [5, 5.41) is 0. The van der Waals surface area contributed by atoms with E-state index in [0.29, 0.717) is 17.1 Å². The Hall–Kier alpha value is -0.330. The molecule has 0 radical (unpaired) electrons. The van der Waals surface area contributed by atoms with Gasteiger partial charge in [0.25, 0.3) is 0 Å². The van der Waals surface area contributed by atoms with E-state index >= 15 is 0 Å². The van der Waals surface area contributed by atoms with E-state index in [1.54, 1.807) is 0 Å². The van der Waals surface area contributed by atoms with Crippen molar-refractivity contribution in [3.63, 3.8) is 0 Å². The number of carbonyl (C=O) groups excluding carboxylic acids is 1. The maximum Gasteiger partial charge on any atom is 0.136 e. The summed E-state index contributed by atoms with van der Waals surface area (Å²) < 4.78 is 0. The minimum atomic E-state index is 0.534. The van der Waals surface area contributed by atoms with Gasteiger partial charge in [0.15, 0.2) is 0 Å². The Labute approximate surface area is 60.8 Å². The summed E-state index contributed by atoms with van der Waals surface area (Å²) in [7, 11) is 0. The Morgan fingerprint density at radius 2 is 2.30 bits per heavy atom. The SMILES string of the molecule is O=C1CCC23CCC2CC13. The third-order valence-corrected chi connectivity index (χ3v) is 4.21. The first kappa shape index (κ1) is 5.34. The van der Waals surface area contributed by atoms with Crippen molar-refractivity contribution in [2.45, 2.75) is 32.1 Å². The second kappa shape index (κ2) is 1.32. The molecule has 0 amide bonds. The standard InChI is InChI=1S/C9H12O/c10-8-2-4-9-3-1-6(9)5-7(8)9/h6-7H,1-5H2. The van der Waals surface area contributed by atoms with Crippen molar-refractivity contribution in [3.8, 4) is 0 Å². The van der Waals surface area contributed by atoms with E-state index in [4.69, 9.17) is 0 Å². The first-order valence-electron chi connectivity index (χ1n) is 4.36. The van der Waals surface area contributed by atoms with Gasteiger partial charge in [-0.2, -0.15) is 0 Å². The molecule has 1 spiro atoms. The van der Waals surface area contributed by atoms with Gasteiger partial charge in [-0.3, -0.25) is 4.79 Å². The average Bonchev–Trinajstić information content (AvgIpc) is 2.21. The third kappa shape index (κ3) is 0.340. The van der Waals surface area contributed by atoms with Crippen molar-refractivity contribution >= 4 is 5.78 Å². The molecule has 0 heterocycles. The maximum absolute atomic E-state index is 11.2. The van der Waals surface area contributed by atoms with Crippen molar-refractivity contribution in [1.82, 2.24) is 0 Å². The van der Waals surface area contributed by atoms with E-state index < -0.39 is 0 Å².